The van der Waals surface area contributed by atoms with E-state index in [-0.39, 0.29) is 12.4 Å². The lowest BCUT2D eigenvalue weighted by Crippen LogP contribution is -2.01. The topological polar surface area (TPSA) is 35.2 Å². The SMILES string of the molecule is Cl.Nc1ccc(CCOc2ccccc2)cc1. The molecule has 0 radical (unpaired) electrons. The summed E-state index contributed by atoms with van der Waals surface area (Å²) < 4.78 is 5.61. The van der Waals surface area contributed by atoms with Crippen LogP contribution in [0.25, 0.3) is 0 Å². The van der Waals surface area contributed by atoms with Gasteiger partial charge in [-0.3, -0.25) is 0 Å². The fourth-order valence-corrected chi connectivity index (χ4v) is 1.49. The monoisotopic (exact) mass is 249 g/mol. The van der Waals surface area contributed by atoms with E-state index >= 15 is 0 Å². The van der Waals surface area contributed by atoms with E-state index in [1.807, 2.05) is 54.6 Å². The molecule has 0 aliphatic carbocycles. The third-order valence-electron chi connectivity index (χ3n) is 2.38. The Balaban J connectivity index is 0.00000144. The number of halogens is 1. The predicted octanol–water partition coefficient (Wildman–Crippen LogP) is 3.31. The van der Waals surface area contributed by atoms with Crippen LogP contribution >= 0.6 is 12.4 Å². The second-order valence-corrected chi connectivity index (χ2v) is 3.65. The smallest absolute Gasteiger partial charge is 0.119 e. The van der Waals surface area contributed by atoms with Gasteiger partial charge in [0.1, 0.15) is 5.75 Å². The Bertz CT molecular complexity index is 428. The molecule has 0 aromatic heterocycles. The van der Waals surface area contributed by atoms with Gasteiger partial charge in [-0.25, -0.2) is 0 Å². The predicted molar refractivity (Wildman–Crippen MR) is 73.7 cm³/mol. The van der Waals surface area contributed by atoms with Crippen molar-refractivity contribution in [3.05, 3.63) is 60.2 Å². The van der Waals surface area contributed by atoms with E-state index in [1.165, 1.54) is 5.56 Å². The van der Waals surface area contributed by atoms with Crippen molar-refractivity contribution in [3.63, 3.8) is 0 Å². The standard InChI is InChI=1S/C14H15NO.ClH/c15-13-8-6-12(7-9-13)10-11-16-14-4-2-1-3-5-14;/h1-9H,10-11,15H2;1H. The van der Waals surface area contributed by atoms with Crippen LogP contribution in [-0.2, 0) is 6.42 Å². The van der Waals surface area contributed by atoms with Gasteiger partial charge in [0.2, 0.25) is 0 Å². The molecule has 0 aliphatic heterocycles. The Hall–Kier alpha value is -1.67. The van der Waals surface area contributed by atoms with Crippen molar-refractivity contribution in [2.24, 2.45) is 0 Å². The molecule has 0 saturated carbocycles. The highest BCUT2D eigenvalue weighted by molar-refractivity contribution is 5.85. The highest BCUT2D eigenvalue weighted by Crippen LogP contribution is 2.10. The van der Waals surface area contributed by atoms with Gasteiger partial charge in [-0.1, -0.05) is 30.3 Å². The molecule has 17 heavy (non-hydrogen) atoms. The number of para-hydroxylation sites is 1. The number of nitrogens with two attached hydrogens (primary N) is 1. The van der Waals surface area contributed by atoms with E-state index in [2.05, 4.69) is 0 Å². The molecule has 0 atom stereocenters. The first kappa shape index (κ1) is 13.4. The number of hydrogen-bond acceptors (Lipinski definition) is 2. The number of nitrogen functional groups attached to an aromatic ring is 1. The number of rotatable bonds is 4. The summed E-state index contributed by atoms with van der Waals surface area (Å²) in [6, 6.07) is 17.7. The molecule has 0 heterocycles. The fourth-order valence-electron chi connectivity index (χ4n) is 1.49. The molecule has 2 rings (SSSR count). The number of benzene rings is 2. The molecule has 2 aromatic carbocycles. The summed E-state index contributed by atoms with van der Waals surface area (Å²) >= 11 is 0. The van der Waals surface area contributed by atoms with Crippen molar-refractivity contribution in [2.75, 3.05) is 12.3 Å². The second-order valence-electron chi connectivity index (χ2n) is 3.65. The summed E-state index contributed by atoms with van der Waals surface area (Å²) in [5.41, 5.74) is 7.65. The lowest BCUT2D eigenvalue weighted by atomic mass is 10.1. The van der Waals surface area contributed by atoms with Crippen molar-refractivity contribution in [3.8, 4) is 5.75 Å². The Morgan fingerprint density at radius 2 is 1.53 bits per heavy atom. The lowest BCUT2D eigenvalue weighted by molar-refractivity contribution is 0.322. The van der Waals surface area contributed by atoms with Gasteiger partial charge in [-0.2, -0.15) is 0 Å². The normalized spacial score (nSPS) is 9.41. The largest absolute Gasteiger partial charge is 0.493 e. The average Bonchev–Trinajstić information content (AvgIpc) is 2.33. The molecule has 0 fully saturated rings. The molecular weight excluding hydrogens is 234 g/mol. The molecule has 0 spiro atoms. The summed E-state index contributed by atoms with van der Waals surface area (Å²) in [5, 5.41) is 0. The van der Waals surface area contributed by atoms with Crippen LogP contribution in [-0.4, -0.2) is 6.61 Å². The molecule has 0 amide bonds. The minimum Gasteiger partial charge on any atom is -0.493 e. The van der Waals surface area contributed by atoms with Crippen LogP contribution < -0.4 is 10.5 Å². The third-order valence-corrected chi connectivity index (χ3v) is 2.38. The minimum absolute atomic E-state index is 0. The highest BCUT2D eigenvalue weighted by Gasteiger charge is 1.94. The molecule has 2 N–H and O–H groups in total. The summed E-state index contributed by atoms with van der Waals surface area (Å²) in [5.74, 6) is 0.915. The summed E-state index contributed by atoms with van der Waals surface area (Å²) in [4.78, 5) is 0. The zero-order valence-corrected chi connectivity index (χ0v) is 10.3. The maximum absolute atomic E-state index is 5.62. The van der Waals surface area contributed by atoms with Gasteiger partial charge < -0.3 is 10.5 Å². The molecular formula is C14H16ClNO. The average molecular weight is 250 g/mol. The van der Waals surface area contributed by atoms with Crippen LogP contribution in [0.2, 0.25) is 0 Å². The molecule has 0 unspecified atom stereocenters. The van der Waals surface area contributed by atoms with Crippen LogP contribution in [0, 0.1) is 0 Å². The summed E-state index contributed by atoms with van der Waals surface area (Å²) in [7, 11) is 0. The lowest BCUT2D eigenvalue weighted by Gasteiger charge is -2.05. The number of anilines is 1. The zero-order chi connectivity index (χ0) is 11.2. The molecule has 0 saturated heterocycles. The molecule has 3 heteroatoms. The fraction of sp³-hybridized carbons (Fsp3) is 0.143. The van der Waals surface area contributed by atoms with Crippen molar-refractivity contribution in [1.82, 2.24) is 0 Å². The van der Waals surface area contributed by atoms with Crippen molar-refractivity contribution in [2.45, 2.75) is 6.42 Å². The van der Waals surface area contributed by atoms with Gasteiger partial charge in [-0.05, 0) is 29.8 Å². The second kappa shape index (κ2) is 6.81. The molecule has 2 aromatic rings. The summed E-state index contributed by atoms with van der Waals surface area (Å²) in [6.45, 7) is 0.688. The van der Waals surface area contributed by atoms with Gasteiger partial charge in [-0.15, -0.1) is 12.4 Å². The first-order chi connectivity index (χ1) is 7.84. The Labute approximate surface area is 108 Å². The molecule has 0 aliphatic rings. The van der Waals surface area contributed by atoms with Crippen molar-refractivity contribution in [1.29, 1.82) is 0 Å². The Kier molecular flexibility index (Phi) is 5.37. The van der Waals surface area contributed by atoms with Crippen molar-refractivity contribution >= 4 is 18.1 Å². The molecule has 90 valence electrons. The van der Waals surface area contributed by atoms with Gasteiger partial charge in [0.25, 0.3) is 0 Å². The van der Waals surface area contributed by atoms with Crippen LogP contribution in [0.3, 0.4) is 0 Å². The molecule has 0 bridgehead atoms. The van der Waals surface area contributed by atoms with E-state index in [9.17, 15) is 0 Å². The minimum atomic E-state index is 0. The van der Waals surface area contributed by atoms with Gasteiger partial charge >= 0.3 is 0 Å². The maximum Gasteiger partial charge on any atom is 0.119 e. The van der Waals surface area contributed by atoms with Crippen LogP contribution in [0.15, 0.2) is 54.6 Å². The summed E-state index contributed by atoms with van der Waals surface area (Å²) in [6.07, 6.45) is 0.898. The quantitative estimate of drug-likeness (QED) is 0.844. The Morgan fingerprint density at radius 1 is 0.882 bits per heavy atom. The number of hydrogen-bond donors (Lipinski definition) is 1. The van der Waals surface area contributed by atoms with E-state index in [4.69, 9.17) is 10.5 Å². The number of ether oxygens (including phenoxy) is 1. The van der Waals surface area contributed by atoms with Gasteiger partial charge in [0, 0.05) is 12.1 Å². The first-order valence-corrected chi connectivity index (χ1v) is 5.37. The Morgan fingerprint density at radius 3 is 2.18 bits per heavy atom. The van der Waals surface area contributed by atoms with E-state index in [0.717, 1.165) is 17.9 Å². The van der Waals surface area contributed by atoms with Crippen LogP contribution in [0.1, 0.15) is 5.56 Å². The zero-order valence-electron chi connectivity index (χ0n) is 9.50. The van der Waals surface area contributed by atoms with Gasteiger partial charge in [0.15, 0.2) is 0 Å². The van der Waals surface area contributed by atoms with E-state index < -0.39 is 0 Å². The third kappa shape index (κ3) is 4.37. The highest BCUT2D eigenvalue weighted by atomic mass is 35.5. The molecule has 2 nitrogen and oxygen atoms in total. The van der Waals surface area contributed by atoms with Gasteiger partial charge in [0.05, 0.1) is 6.61 Å². The van der Waals surface area contributed by atoms with E-state index in [0.29, 0.717) is 6.61 Å². The van der Waals surface area contributed by atoms with Crippen LogP contribution in [0.4, 0.5) is 5.69 Å². The van der Waals surface area contributed by atoms with Crippen LogP contribution in [0.5, 0.6) is 5.75 Å². The van der Waals surface area contributed by atoms with E-state index in [1.54, 1.807) is 0 Å². The first-order valence-electron chi connectivity index (χ1n) is 5.37. The maximum atomic E-state index is 5.62. The van der Waals surface area contributed by atoms with Crippen molar-refractivity contribution < 1.29 is 4.74 Å².